The molecule has 4 aromatic heterocycles. The highest BCUT2D eigenvalue weighted by molar-refractivity contribution is 7.76. The molecule has 0 bridgehead atoms. The molecule has 0 radical (unpaired) electrons. The highest BCUT2D eigenvalue weighted by atomic mass is 32.2. The number of rotatable bonds is 12. The van der Waals surface area contributed by atoms with Crippen LogP contribution in [0.1, 0.15) is 45.4 Å². The summed E-state index contributed by atoms with van der Waals surface area (Å²) >= 11 is -2.90. The first-order chi connectivity index (χ1) is 22.5. The zero-order valence-electron chi connectivity index (χ0n) is 25.0. The van der Waals surface area contributed by atoms with E-state index in [1.807, 2.05) is 4.57 Å². The van der Waals surface area contributed by atoms with Gasteiger partial charge in [0.2, 0.25) is 11.9 Å². The lowest BCUT2D eigenvalue weighted by Gasteiger charge is -2.30. The summed E-state index contributed by atoms with van der Waals surface area (Å²) in [5.74, 6) is -1.36. The fraction of sp³-hybridized carbons (Fsp3) is 0.560. The van der Waals surface area contributed by atoms with Gasteiger partial charge in [-0.3, -0.25) is 33.5 Å². The summed E-state index contributed by atoms with van der Waals surface area (Å²) in [6.45, 7) is 2.72. The predicted molar refractivity (Wildman–Crippen MR) is 160 cm³/mol. The van der Waals surface area contributed by atoms with Gasteiger partial charge in [0.05, 0.1) is 37.6 Å². The zero-order valence-corrected chi connectivity index (χ0v) is 26.7. The fourth-order valence-electron chi connectivity index (χ4n) is 5.84. The topological polar surface area (TPSA) is 265 Å². The smallest absolute Gasteiger partial charge is 0.695 e. The number of ether oxygens (including phenoxy) is 1. The number of amides is 1. The average Bonchev–Trinajstić information content (AvgIpc) is 3.81. The molecule has 5 heterocycles. The minimum atomic E-state index is -3.12. The minimum absolute atomic E-state index is 0.0131. The molecule has 4 aromatic rings. The Morgan fingerprint density at radius 2 is 2.02 bits per heavy atom. The molecule has 2 fully saturated rings. The summed E-state index contributed by atoms with van der Waals surface area (Å²) < 4.78 is 51.6. The Balaban J connectivity index is 1.21. The number of hydrogen-bond donors (Lipinski definition) is 4. The van der Waals surface area contributed by atoms with Gasteiger partial charge in [0.15, 0.2) is 29.1 Å². The van der Waals surface area contributed by atoms with Crippen LogP contribution >= 0.6 is 8.25 Å². The van der Waals surface area contributed by atoms with Crippen LogP contribution in [0.15, 0.2) is 30.0 Å². The molecule has 20 nitrogen and oxygen atoms in total. The number of H-pyrrole nitrogens is 1. The number of imidazole rings is 2. The highest BCUT2D eigenvalue weighted by Gasteiger charge is 2.45. The summed E-state index contributed by atoms with van der Waals surface area (Å²) in [6, 6.07) is -0.190. The van der Waals surface area contributed by atoms with Gasteiger partial charge in [0, 0.05) is 46.7 Å². The number of aromatic nitrogens is 8. The Morgan fingerprint density at radius 1 is 1.23 bits per heavy atom. The standard InChI is InChI=1S/C25H31N10O10PS/c1-12(2)22(37)31-25-30-21-19(23(38)32-25)29-11-34(21)24-18(45-46(39)40)5-15(43-24)7-35(47(41)42)44-17-4-14(3-13(17)8-36)33-10-28-16-6-26-9-27-20(16)33/h6,9-15,17-18,24,36H,3-5,7-8H2,1-2H3,(H3-,30,31,32,37,38,39,40,41,42)/t13-,14-,15+,17+,18-,24-/m1/s1. The van der Waals surface area contributed by atoms with Crippen LogP contribution in [0, 0.1) is 11.8 Å². The van der Waals surface area contributed by atoms with Crippen LogP contribution in [-0.4, -0.2) is 99.6 Å². The Bertz CT molecular complexity index is 1870. The summed E-state index contributed by atoms with van der Waals surface area (Å²) in [7, 11) is -3.12. The summed E-state index contributed by atoms with van der Waals surface area (Å²) in [4.78, 5) is 63.8. The first-order valence-corrected chi connectivity index (χ1v) is 16.7. The maximum absolute atomic E-state index is 12.7. The summed E-state index contributed by atoms with van der Waals surface area (Å²) in [6.07, 6.45) is 2.70. The molecular weight excluding hydrogens is 663 g/mol. The van der Waals surface area contributed by atoms with Gasteiger partial charge in [0.1, 0.15) is 11.8 Å². The minimum Gasteiger partial charge on any atom is -0.758 e. The van der Waals surface area contributed by atoms with Crippen LogP contribution in [0.4, 0.5) is 5.95 Å². The van der Waals surface area contributed by atoms with Gasteiger partial charge in [-0.25, -0.2) is 19.9 Å². The lowest BCUT2D eigenvalue weighted by atomic mass is 10.1. The van der Waals surface area contributed by atoms with Crippen molar-refractivity contribution in [2.24, 2.45) is 11.8 Å². The molecule has 2 aliphatic rings. The number of anilines is 1. The first kappa shape index (κ1) is 33.2. The Kier molecular flexibility index (Phi) is 9.78. The normalized spacial score (nSPS) is 25.7. The molecular formula is C25H31N10O10PS. The number of nitrogens with zero attached hydrogens (tertiary/aromatic N) is 8. The van der Waals surface area contributed by atoms with E-state index >= 15 is 0 Å². The van der Waals surface area contributed by atoms with Gasteiger partial charge in [0.25, 0.3) is 5.56 Å². The monoisotopic (exact) mass is 694 g/mol. The second-order valence-corrected chi connectivity index (χ2v) is 13.0. The van der Waals surface area contributed by atoms with E-state index in [0.717, 1.165) is 0 Å². The third-order valence-electron chi connectivity index (χ3n) is 8.09. The number of nitrogens with one attached hydrogen (secondary N) is 2. The Labute approximate surface area is 268 Å². The van der Waals surface area contributed by atoms with E-state index in [1.165, 1.54) is 17.2 Å². The molecule has 22 heteroatoms. The molecule has 1 amide bonds. The number of fused-ring (bicyclic) bond motifs is 2. The molecule has 6 rings (SSSR count). The fourth-order valence-corrected chi connectivity index (χ4v) is 6.73. The van der Waals surface area contributed by atoms with E-state index < -0.39 is 67.4 Å². The molecule has 8 atom stereocenters. The quantitative estimate of drug-likeness (QED) is 0.0877. The SMILES string of the molecule is CC(C)C(=O)Nc1nc2c(ncn2[C@@H]2O[C@H](CN(O[C@H]3C[C@H](n4cnc5cncnc54)C[C@@H]3CO)S(=O)[O-])C[C@H]2O[P+](=O)O)c(=O)[nH]1. The van der Waals surface area contributed by atoms with E-state index in [-0.39, 0.29) is 42.7 Å². The molecule has 1 saturated carbocycles. The third-order valence-corrected chi connectivity index (χ3v) is 9.11. The number of aliphatic hydroxyl groups is 1. The van der Waals surface area contributed by atoms with Crippen molar-refractivity contribution in [3.05, 3.63) is 35.5 Å². The number of hydrogen-bond acceptors (Lipinski definition) is 14. The van der Waals surface area contributed by atoms with Crippen molar-refractivity contribution in [3.8, 4) is 0 Å². The van der Waals surface area contributed by atoms with E-state index in [2.05, 4.69) is 35.2 Å². The van der Waals surface area contributed by atoms with Crippen LogP contribution in [0.2, 0.25) is 0 Å². The van der Waals surface area contributed by atoms with Crippen molar-refractivity contribution in [2.45, 2.75) is 63.7 Å². The van der Waals surface area contributed by atoms with Gasteiger partial charge in [-0.2, -0.15) is 4.98 Å². The van der Waals surface area contributed by atoms with Gasteiger partial charge in [-0.05, 0) is 12.8 Å². The molecule has 1 aliphatic heterocycles. The predicted octanol–water partition coefficient (Wildman–Crippen LogP) is 0.216. The van der Waals surface area contributed by atoms with Crippen molar-refractivity contribution in [1.29, 1.82) is 0 Å². The molecule has 4 N–H and O–H groups in total. The van der Waals surface area contributed by atoms with Crippen LogP contribution in [0.25, 0.3) is 22.3 Å². The van der Waals surface area contributed by atoms with E-state index in [0.29, 0.717) is 28.5 Å². The maximum atomic E-state index is 12.7. The first-order valence-electron chi connectivity index (χ1n) is 14.6. The summed E-state index contributed by atoms with van der Waals surface area (Å²) in [5, 5.41) is 12.6. The molecule has 1 saturated heterocycles. The summed E-state index contributed by atoms with van der Waals surface area (Å²) in [5.41, 5.74) is 0.430. The van der Waals surface area contributed by atoms with Crippen molar-refractivity contribution < 1.29 is 42.2 Å². The second kappa shape index (κ2) is 13.8. The molecule has 0 spiro atoms. The number of carbonyl (C=O) groups is 1. The van der Waals surface area contributed by atoms with E-state index in [4.69, 9.17) is 14.1 Å². The number of aliphatic hydroxyl groups excluding tert-OH is 1. The zero-order chi connectivity index (χ0) is 33.4. The van der Waals surface area contributed by atoms with E-state index in [9.17, 15) is 32.9 Å². The Morgan fingerprint density at radius 3 is 2.74 bits per heavy atom. The number of hydroxylamine groups is 1. The van der Waals surface area contributed by atoms with Gasteiger partial charge >= 0.3 is 8.25 Å². The number of carbonyl (C=O) groups excluding carboxylic acids is 1. The third kappa shape index (κ3) is 6.98. The lowest BCUT2D eigenvalue weighted by Crippen LogP contribution is -2.39. The van der Waals surface area contributed by atoms with Gasteiger partial charge in [-0.1, -0.05) is 13.8 Å². The molecule has 47 heavy (non-hydrogen) atoms. The van der Waals surface area contributed by atoms with Gasteiger partial charge < -0.3 is 19.0 Å². The van der Waals surface area contributed by atoms with Crippen molar-refractivity contribution >= 4 is 53.7 Å². The van der Waals surface area contributed by atoms with Crippen LogP contribution in [-0.2, 0) is 34.7 Å². The molecule has 2 unspecified atom stereocenters. The Hall–Kier alpha value is -3.66. The van der Waals surface area contributed by atoms with Crippen molar-refractivity contribution in [2.75, 3.05) is 18.5 Å². The largest absolute Gasteiger partial charge is 0.758 e. The molecule has 252 valence electrons. The van der Waals surface area contributed by atoms with Crippen LogP contribution < -0.4 is 10.9 Å². The molecule has 0 aromatic carbocycles. The van der Waals surface area contributed by atoms with Crippen LogP contribution in [0.3, 0.4) is 0 Å². The maximum Gasteiger partial charge on any atom is 0.695 e. The lowest BCUT2D eigenvalue weighted by molar-refractivity contribution is -0.166. The van der Waals surface area contributed by atoms with Crippen molar-refractivity contribution in [3.63, 3.8) is 0 Å². The number of aromatic amines is 1. The van der Waals surface area contributed by atoms with Gasteiger partial charge in [-0.15, -0.1) is 13.9 Å². The van der Waals surface area contributed by atoms with Crippen molar-refractivity contribution in [1.82, 2.24) is 43.5 Å². The highest BCUT2D eigenvalue weighted by Crippen LogP contribution is 2.40. The second-order valence-electron chi connectivity index (χ2n) is 11.5. The van der Waals surface area contributed by atoms with Crippen LogP contribution in [0.5, 0.6) is 0 Å². The molecule has 1 aliphatic carbocycles. The average molecular weight is 695 g/mol. The van der Waals surface area contributed by atoms with E-state index in [1.54, 1.807) is 26.4 Å².